The average molecular weight is 260 g/mol. The first-order valence-electron chi connectivity index (χ1n) is 5.39. The van der Waals surface area contributed by atoms with Crippen molar-refractivity contribution in [2.24, 2.45) is 11.7 Å². The van der Waals surface area contributed by atoms with Crippen molar-refractivity contribution in [2.45, 2.75) is 13.3 Å². The molecule has 0 aliphatic carbocycles. The Labute approximate surface area is 105 Å². The molecule has 0 amide bonds. The van der Waals surface area contributed by atoms with Gasteiger partial charge in [-0.3, -0.25) is 4.79 Å². The van der Waals surface area contributed by atoms with Gasteiger partial charge in [-0.1, -0.05) is 17.7 Å². The number of esters is 1. The first-order valence-corrected chi connectivity index (χ1v) is 5.76. The molecule has 0 saturated heterocycles. The van der Waals surface area contributed by atoms with Gasteiger partial charge in [0, 0.05) is 6.54 Å². The van der Waals surface area contributed by atoms with E-state index in [0.29, 0.717) is 18.6 Å². The number of hydrogen-bond acceptors (Lipinski definition) is 3. The Hall–Kier alpha value is -1.13. The van der Waals surface area contributed by atoms with Crippen LogP contribution in [0.5, 0.6) is 0 Å². The summed E-state index contributed by atoms with van der Waals surface area (Å²) < 4.78 is 18.1. The summed E-state index contributed by atoms with van der Waals surface area (Å²) >= 11 is 5.57. The molecule has 0 fully saturated rings. The minimum Gasteiger partial charge on any atom is -0.466 e. The maximum absolute atomic E-state index is 13.2. The van der Waals surface area contributed by atoms with Gasteiger partial charge in [0.2, 0.25) is 0 Å². The van der Waals surface area contributed by atoms with E-state index >= 15 is 0 Å². The van der Waals surface area contributed by atoms with Gasteiger partial charge >= 0.3 is 5.97 Å². The molecule has 17 heavy (non-hydrogen) atoms. The topological polar surface area (TPSA) is 52.3 Å². The first kappa shape index (κ1) is 13.9. The molecule has 0 saturated carbocycles. The molecular formula is C12H15ClFNO2. The Kier molecular flexibility index (Phi) is 5.38. The van der Waals surface area contributed by atoms with Crippen molar-refractivity contribution in [3.63, 3.8) is 0 Å². The fourth-order valence-corrected chi connectivity index (χ4v) is 1.59. The van der Waals surface area contributed by atoms with Crippen LogP contribution >= 0.6 is 11.6 Å². The van der Waals surface area contributed by atoms with Crippen molar-refractivity contribution >= 4 is 17.6 Å². The molecule has 1 atom stereocenters. The van der Waals surface area contributed by atoms with Crippen molar-refractivity contribution in [3.05, 3.63) is 34.6 Å². The minimum atomic E-state index is -0.496. The Morgan fingerprint density at radius 3 is 2.82 bits per heavy atom. The highest BCUT2D eigenvalue weighted by atomic mass is 35.5. The van der Waals surface area contributed by atoms with Gasteiger partial charge < -0.3 is 10.5 Å². The first-order chi connectivity index (χ1) is 8.08. The lowest BCUT2D eigenvalue weighted by Crippen LogP contribution is -2.27. The Morgan fingerprint density at radius 1 is 1.59 bits per heavy atom. The summed E-state index contributed by atoms with van der Waals surface area (Å²) in [4.78, 5) is 11.5. The zero-order chi connectivity index (χ0) is 12.8. The van der Waals surface area contributed by atoms with Crippen LogP contribution in [0.1, 0.15) is 12.5 Å². The van der Waals surface area contributed by atoms with Gasteiger partial charge in [0.1, 0.15) is 5.82 Å². The Bertz CT molecular complexity index is 398. The van der Waals surface area contributed by atoms with E-state index in [1.165, 1.54) is 12.1 Å². The summed E-state index contributed by atoms with van der Waals surface area (Å²) in [5, 5.41) is 0.0641. The smallest absolute Gasteiger partial charge is 0.310 e. The maximum Gasteiger partial charge on any atom is 0.310 e. The van der Waals surface area contributed by atoms with Crippen molar-refractivity contribution in [1.82, 2.24) is 0 Å². The van der Waals surface area contributed by atoms with Crippen molar-refractivity contribution < 1.29 is 13.9 Å². The molecule has 3 nitrogen and oxygen atoms in total. The summed E-state index contributed by atoms with van der Waals surface area (Å²) in [5.41, 5.74) is 6.18. The van der Waals surface area contributed by atoms with Crippen molar-refractivity contribution in [3.8, 4) is 0 Å². The lowest BCUT2D eigenvalue weighted by atomic mass is 9.99. The lowest BCUT2D eigenvalue weighted by molar-refractivity contribution is -0.147. The fourth-order valence-electron chi connectivity index (χ4n) is 1.47. The highest BCUT2D eigenvalue weighted by molar-refractivity contribution is 6.30. The maximum atomic E-state index is 13.2. The molecule has 1 aromatic carbocycles. The third-order valence-electron chi connectivity index (χ3n) is 2.37. The van der Waals surface area contributed by atoms with E-state index in [0.717, 1.165) is 0 Å². The van der Waals surface area contributed by atoms with E-state index in [1.54, 1.807) is 13.0 Å². The number of nitrogens with two attached hydrogens (primary N) is 1. The fraction of sp³-hybridized carbons (Fsp3) is 0.417. The zero-order valence-corrected chi connectivity index (χ0v) is 10.3. The number of halogens is 2. The number of rotatable bonds is 5. The lowest BCUT2D eigenvalue weighted by Gasteiger charge is -2.13. The molecular weight excluding hydrogens is 245 g/mol. The molecule has 5 heteroatoms. The van der Waals surface area contributed by atoms with E-state index < -0.39 is 11.7 Å². The van der Waals surface area contributed by atoms with Gasteiger partial charge in [0.25, 0.3) is 0 Å². The summed E-state index contributed by atoms with van der Waals surface area (Å²) in [7, 11) is 0. The van der Waals surface area contributed by atoms with Crippen LogP contribution < -0.4 is 5.73 Å². The third-order valence-corrected chi connectivity index (χ3v) is 2.68. The highest BCUT2D eigenvalue weighted by Crippen LogP contribution is 2.18. The predicted molar refractivity (Wildman–Crippen MR) is 64.3 cm³/mol. The molecule has 0 radical (unpaired) electrons. The average Bonchev–Trinajstić information content (AvgIpc) is 2.30. The van der Waals surface area contributed by atoms with Gasteiger partial charge in [0.15, 0.2) is 0 Å². The quantitative estimate of drug-likeness (QED) is 0.825. The molecule has 2 N–H and O–H groups in total. The molecule has 0 aliphatic heterocycles. The van der Waals surface area contributed by atoms with E-state index in [-0.39, 0.29) is 17.5 Å². The van der Waals surface area contributed by atoms with Crippen molar-refractivity contribution in [2.75, 3.05) is 13.2 Å². The predicted octanol–water partition coefficient (Wildman–Crippen LogP) is 2.16. The van der Waals surface area contributed by atoms with Gasteiger partial charge in [-0.05, 0) is 31.0 Å². The number of ether oxygens (including phenoxy) is 1. The number of carbonyl (C=O) groups is 1. The second kappa shape index (κ2) is 6.57. The van der Waals surface area contributed by atoms with E-state index in [9.17, 15) is 9.18 Å². The van der Waals surface area contributed by atoms with Crippen LogP contribution in [0.15, 0.2) is 18.2 Å². The monoisotopic (exact) mass is 259 g/mol. The normalized spacial score (nSPS) is 12.2. The molecule has 0 spiro atoms. The Balaban J connectivity index is 2.73. The molecule has 1 unspecified atom stereocenters. The van der Waals surface area contributed by atoms with Crippen LogP contribution in [0.4, 0.5) is 4.39 Å². The SMILES string of the molecule is CCOC(=O)C(CN)Cc1ccc(Cl)c(F)c1. The summed E-state index contributed by atoms with van der Waals surface area (Å²) in [5.74, 6) is -1.30. The van der Waals surface area contributed by atoms with Gasteiger partial charge in [-0.15, -0.1) is 0 Å². The van der Waals surface area contributed by atoms with Crippen LogP contribution in [0.3, 0.4) is 0 Å². The highest BCUT2D eigenvalue weighted by Gasteiger charge is 2.18. The molecule has 94 valence electrons. The van der Waals surface area contributed by atoms with E-state index in [1.807, 2.05) is 0 Å². The molecule has 1 rings (SSSR count). The van der Waals surface area contributed by atoms with Crippen LogP contribution in [0.2, 0.25) is 5.02 Å². The van der Waals surface area contributed by atoms with Crippen LogP contribution in [0.25, 0.3) is 0 Å². The molecule has 0 aliphatic rings. The van der Waals surface area contributed by atoms with Gasteiger partial charge in [-0.25, -0.2) is 4.39 Å². The van der Waals surface area contributed by atoms with Gasteiger partial charge in [-0.2, -0.15) is 0 Å². The number of carbonyl (C=O) groups excluding carboxylic acids is 1. The molecule has 0 aromatic heterocycles. The summed E-state index contributed by atoms with van der Waals surface area (Å²) in [6, 6.07) is 4.45. The van der Waals surface area contributed by atoms with Crippen LogP contribution in [0, 0.1) is 11.7 Å². The van der Waals surface area contributed by atoms with E-state index in [2.05, 4.69) is 0 Å². The molecule has 0 heterocycles. The number of benzene rings is 1. The number of hydrogen-bond donors (Lipinski definition) is 1. The van der Waals surface area contributed by atoms with Crippen molar-refractivity contribution in [1.29, 1.82) is 0 Å². The third kappa shape index (κ3) is 3.98. The van der Waals surface area contributed by atoms with Crippen LogP contribution in [-0.2, 0) is 16.0 Å². The van der Waals surface area contributed by atoms with E-state index in [4.69, 9.17) is 22.1 Å². The largest absolute Gasteiger partial charge is 0.466 e. The minimum absolute atomic E-state index is 0.0641. The molecule has 1 aromatic rings. The zero-order valence-electron chi connectivity index (χ0n) is 9.58. The van der Waals surface area contributed by atoms with Crippen LogP contribution in [-0.4, -0.2) is 19.1 Å². The summed E-state index contributed by atoms with van der Waals surface area (Å²) in [6.45, 7) is 2.21. The summed E-state index contributed by atoms with van der Waals surface area (Å²) in [6.07, 6.45) is 0.351. The second-order valence-electron chi connectivity index (χ2n) is 3.64. The second-order valence-corrected chi connectivity index (χ2v) is 4.04. The van der Waals surface area contributed by atoms with Gasteiger partial charge in [0.05, 0.1) is 17.5 Å². The standard InChI is InChI=1S/C12H15ClFNO2/c1-2-17-12(16)9(7-15)5-8-3-4-10(13)11(14)6-8/h3-4,6,9H,2,5,7,15H2,1H3. The Morgan fingerprint density at radius 2 is 2.29 bits per heavy atom. The molecule has 0 bridgehead atoms.